The van der Waals surface area contributed by atoms with E-state index in [9.17, 15) is 0 Å². The summed E-state index contributed by atoms with van der Waals surface area (Å²) in [4.78, 5) is 0. The molecule has 71 valence electrons. The molecule has 0 N–H and O–H groups in total. The van der Waals surface area contributed by atoms with Crippen LogP contribution in [0.25, 0.3) is 12.2 Å². The fourth-order valence-corrected chi connectivity index (χ4v) is 1.66. The number of hydrogen-bond donors (Lipinski definition) is 0. The minimum absolute atomic E-state index is 1.12. The van der Waals surface area contributed by atoms with Crippen LogP contribution in [0.15, 0.2) is 54.6 Å². The molecule has 0 aliphatic carbocycles. The molecule has 0 aliphatic heterocycles. The average molecular weight is 207 g/mol. The average Bonchev–Trinajstić information content (AvgIpc) is 2.29. The summed E-state index contributed by atoms with van der Waals surface area (Å²) >= 11 is 0. The largest absolute Gasteiger partial charge is 0.0720 e. The van der Waals surface area contributed by atoms with Crippen LogP contribution < -0.4 is 5.19 Å². The minimum Gasteiger partial charge on any atom is -0.0633 e. The van der Waals surface area contributed by atoms with E-state index in [1.807, 2.05) is 36.4 Å². The first-order valence-electron chi connectivity index (χ1n) is 4.90. The van der Waals surface area contributed by atoms with Crippen molar-refractivity contribution in [3.05, 3.63) is 65.7 Å². The fraction of sp³-hybridized carbons (Fsp3) is 0. The summed E-state index contributed by atoms with van der Waals surface area (Å²) in [5, 5.41) is 1.12. The van der Waals surface area contributed by atoms with Gasteiger partial charge in [-0.15, -0.1) is 0 Å². The Morgan fingerprint density at radius 3 is 2.13 bits per heavy atom. The molecule has 0 heterocycles. The van der Waals surface area contributed by atoms with Gasteiger partial charge in [0.2, 0.25) is 0 Å². The first kappa shape index (κ1) is 9.93. The summed E-state index contributed by atoms with van der Waals surface area (Å²) in [6.07, 6.45) is 4.22. The lowest BCUT2D eigenvalue weighted by Crippen LogP contribution is -2.04. The Morgan fingerprint density at radius 1 is 0.733 bits per heavy atom. The molecule has 1 heteroatoms. The molecule has 0 saturated heterocycles. The van der Waals surface area contributed by atoms with Crippen LogP contribution in [0.2, 0.25) is 0 Å². The second kappa shape index (κ2) is 4.76. The van der Waals surface area contributed by atoms with Gasteiger partial charge >= 0.3 is 0 Å². The molecule has 0 fully saturated rings. The molecule has 0 aliphatic rings. The van der Waals surface area contributed by atoms with E-state index in [0.717, 1.165) is 5.19 Å². The zero-order chi connectivity index (χ0) is 10.5. The van der Waals surface area contributed by atoms with E-state index in [1.54, 1.807) is 0 Å². The molecule has 0 spiro atoms. The first-order chi connectivity index (χ1) is 7.36. The molecular weight excluding hydrogens is 196 g/mol. The predicted octanol–water partition coefficient (Wildman–Crippen LogP) is 2.65. The van der Waals surface area contributed by atoms with Gasteiger partial charge in [0.25, 0.3) is 0 Å². The maximum atomic E-state index is 3.57. The third kappa shape index (κ3) is 2.67. The highest BCUT2D eigenvalue weighted by Crippen LogP contribution is 2.05. The van der Waals surface area contributed by atoms with Crippen molar-refractivity contribution in [2.45, 2.75) is 0 Å². The van der Waals surface area contributed by atoms with Crippen molar-refractivity contribution in [3.63, 3.8) is 0 Å². The lowest BCUT2D eigenvalue weighted by atomic mass is 10.1. The molecule has 15 heavy (non-hydrogen) atoms. The molecule has 2 aromatic carbocycles. The molecule has 0 amide bonds. The summed E-state index contributed by atoms with van der Waals surface area (Å²) in [7, 11) is 3.57. The molecule has 0 atom stereocenters. The van der Waals surface area contributed by atoms with Gasteiger partial charge in [-0.05, 0) is 11.1 Å². The van der Waals surface area contributed by atoms with Gasteiger partial charge in [-0.2, -0.15) is 0 Å². The highest BCUT2D eigenvalue weighted by Gasteiger charge is 1.90. The second-order valence-electron chi connectivity index (χ2n) is 3.33. The lowest BCUT2D eigenvalue weighted by molar-refractivity contribution is 1.66. The number of rotatable bonds is 2. The standard InChI is InChI=1S/C14H11Si/c15-14-9-5-4-8-13(14)11-10-12-6-2-1-3-7-12/h1-11H. The van der Waals surface area contributed by atoms with Crippen LogP contribution in [0.4, 0.5) is 0 Å². The Hall–Kier alpha value is -1.60. The van der Waals surface area contributed by atoms with Crippen molar-refractivity contribution in [1.29, 1.82) is 0 Å². The van der Waals surface area contributed by atoms with Gasteiger partial charge in [0.1, 0.15) is 0 Å². The summed E-state index contributed by atoms with van der Waals surface area (Å²) in [5.41, 5.74) is 2.41. The van der Waals surface area contributed by atoms with Gasteiger partial charge in [0.15, 0.2) is 0 Å². The third-order valence-electron chi connectivity index (χ3n) is 2.22. The van der Waals surface area contributed by atoms with E-state index < -0.39 is 0 Å². The quantitative estimate of drug-likeness (QED) is 0.524. The first-order valence-corrected chi connectivity index (χ1v) is 5.40. The van der Waals surface area contributed by atoms with Crippen LogP contribution in [0.5, 0.6) is 0 Å². The smallest absolute Gasteiger partial charge is 0.0633 e. The maximum absolute atomic E-state index is 3.57. The Bertz CT molecular complexity index is 458. The van der Waals surface area contributed by atoms with Crippen LogP contribution in [-0.2, 0) is 0 Å². The molecular formula is C14H11Si. The van der Waals surface area contributed by atoms with E-state index in [1.165, 1.54) is 11.1 Å². The van der Waals surface area contributed by atoms with Crippen molar-refractivity contribution in [2.75, 3.05) is 0 Å². The Morgan fingerprint density at radius 2 is 1.40 bits per heavy atom. The van der Waals surface area contributed by atoms with Crippen molar-refractivity contribution in [1.82, 2.24) is 0 Å². The highest BCUT2D eigenvalue weighted by molar-refractivity contribution is 6.34. The highest BCUT2D eigenvalue weighted by atomic mass is 28.1. The van der Waals surface area contributed by atoms with E-state index in [2.05, 4.69) is 40.6 Å². The summed E-state index contributed by atoms with van der Waals surface area (Å²) < 4.78 is 0. The van der Waals surface area contributed by atoms with Gasteiger partial charge in [-0.3, -0.25) is 0 Å². The van der Waals surface area contributed by atoms with Crippen molar-refractivity contribution in [2.24, 2.45) is 0 Å². The van der Waals surface area contributed by atoms with Gasteiger partial charge < -0.3 is 0 Å². The van der Waals surface area contributed by atoms with E-state index in [4.69, 9.17) is 0 Å². The molecule has 0 aromatic heterocycles. The molecule has 3 radical (unpaired) electrons. The van der Waals surface area contributed by atoms with Crippen LogP contribution in [0.3, 0.4) is 0 Å². The van der Waals surface area contributed by atoms with Crippen LogP contribution >= 0.6 is 0 Å². The Balaban J connectivity index is 2.23. The van der Waals surface area contributed by atoms with E-state index >= 15 is 0 Å². The fourth-order valence-electron chi connectivity index (χ4n) is 1.39. The van der Waals surface area contributed by atoms with Crippen LogP contribution in [0, 0.1) is 0 Å². The molecule has 0 nitrogen and oxygen atoms in total. The molecule has 0 bridgehead atoms. The second-order valence-corrected chi connectivity index (χ2v) is 3.87. The SMILES string of the molecule is [Si]c1ccccc1C=Cc1ccccc1. The molecule has 0 unspecified atom stereocenters. The van der Waals surface area contributed by atoms with Crippen molar-refractivity contribution in [3.8, 4) is 0 Å². The number of benzene rings is 2. The van der Waals surface area contributed by atoms with E-state index in [0.29, 0.717) is 0 Å². The minimum atomic E-state index is 1.12. The Kier molecular flexibility index (Phi) is 3.15. The van der Waals surface area contributed by atoms with Gasteiger partial charge in [-0.1, -0.05) is 71.9 Å². The summed E-state index contributed by atoms with van der Waals surface area (Å²) in [6.45, 7) is 0. The topological polar surface area (TPSA) is 0 Å². The van der Waals surface area contributed by atoms with Gasteiger partial charge in [-0.25, -0.2) is 0 Å². The zero-order valence-electron chi connectivity index (χ0n) is 8.35. The van der Waals surface area contributed by atoms with E-state index in [-0.39, 0.29) is 0 Å². The van der Waals surface area contributed by atoms with Crippen molar-refractivity contribution >= 4 is 27.6 Å². The molecule has 2 rings (SSSR count). The predicted molar refractivity (Wildman–Crippen MR) is 67.2 cm³/mol. The Labute approximate surface area is 93.7 Å². The summed E-state index contributed by atoms with van der Waals surface area (Å²) in [6, 6.07) is 18.5. The number of hydrogen-bond acceptors (Lipinski definition) is 0. The maximum Gasteiger partial charge on any atom is 0.0720 e. The summed E-state index contributed by atoms with van der Waals surface area (Å²) in [5.74, 6) is 0. The van der Waals surface area contributed by atoms with Crippen LogP contribution in [-0.4, -0.2) is 10.2 Å². The zero-order valence-corrected chi connectivity index (χ0v) is 9.35. The van der Waals surface area contributed by atoms with Gasteiger partial charge in [0, 0.05) is 0 Å². The monoisotopic (exact) mass is 207 g/mol. The van der Waals surface area contributed by atoms with Crippen molar-refractivity contribution < 1.29 is 0 Å². The molecule has 2 aromatic rings. The normalized spacial score (nSPS) is 10.7. The van der Waals surface area contributed by atoms with Crippen LogP contribution in [0.1, 0.15) is 11.1 Å². The lowest BCUT2D eigenvalue weighted by Gasteiger charge is -1.98. The third-order valence-corrected chi connectivity index (χ3v) is 2.67. The van der Waals surface area contributed by atoms with Gasteiger partial charge in [0.05, 0.1) is 10.2 Å². The molecule has 0 saturated carbocycles.